The smallest absolute Gasteiger partial charge is 0.305 e. The summed E-state index contributed by atoms with van der Waals surface area (Å²) in [7, 11) is 0. The van der Waals surface area contributed by atoms with Gasteiger partial charge in [-0.25, -0.2) is 0 Å². The summed E-state index contributed by atoms with van der Waals surface area (Å²) in [6.45, 7) is 4.77. The van der Waals surface area contributed by atoms with Crippen molar-refractivity contribution in [3.05, 3.63) is 47.5 Å². The Bertz CT molecular complexity index is 503. The molecule has 0 atom stereocenters. The minimum atomic E-state index is -0.952. The van der Waals surface area contributed by atoms with Crippen LogP contribution in [0.4, 0.5) is 0 Å². The van der Waals surface area contributed by atoms with Crippen LogP contribution in [0.1, 0.15) is 52.0 Å². The van der Waals surface area contributed by atoms with E-state index in [1.807, 2.05) is 36.4 Å². The molecule has 0 aliphatic rings. The van der Waals surface area contributed by atoms with Crippen molar-refractivity contribution in [1.82, 2.24) is 0 Å². The van der Waals surface area contributed by atoms with E-state index >= 15 is 0 Å². The molecule has 0 saturated heterocycles. The molecule has 4 heteroatoms. The second-order valence-corrected chi connectivity index (χ2v) is 5.49. The Kier molecular flexibility index (Phi) is 8.73. The van der Waals surface area contributed by atoms with Crippen LogP contribution in [-0.2, 0) is 25.5 Å². The summed E-state index contributed by atoms with van der Waals surface area (Å²) in [5, 5.41) is 0. The first-order valence-corrected chi connectivity index (χ1v) is 8.10. The number of esters is 2. The van der Waals surface area contributed by atoms with Crippen LogP contribution in [-0.4, -0.2) is 18.2 Å². The molecule has 4 nitrogen and oxygen atoms in total. The topological polar surface area (TPSA) is 52.6 Å². The van der Waals surface area contributed by atoms with E-state index in [-0.39, 0.29) is 0 Å². The largest absolute Gasteiger partial charge is 0.421 e. The summed E-state index contributed by atoms with van der Waals surface area (Å²) >= 11 is 0. The van der Waals surface area contributed by atoms with Gasteiger partial charge in [-0.05, 0) is 18.4 Å². The van der Waals surface area contributed by atoms with Gasteiger partial charge in [0.1, 0.15) is 0 Å². The molecule has 0 unspecified atom stereocenters. The third-order valence-corrected chi connectivity index (χ3v) is 3.31. The van der Waals surface area contributed by atoms with E-state index in [4.69, 9.17) is 9.47 Å². The summed E-state index contributed by atoms with van der Waals surface area (Å²) in [6.07, 6.45) is 5.86. The summed E-state index contributed by atoms with van der Waals surface area (Å²) in [5.74, 6) is -0.937. The van der Waals surface area contributed by atoms with Crippen LogP contribution in [0.3, 0.4) is 0 Å². The summed E-state index contributed by atoms with van der Waals surface area (Å²) in [6, 6.07) is 9.86. The number of allylic oxidation sites excluding steroid dienone is 1. The average Bonchev–Trinajstić information content (AvgIpc) is 2.50. The van der Waals surface area contributed by atoms with Gasteiger partial charge < -0.3 is 9.47 Å². The molecule has 0 aliphatic heterocycles. The number of benzene rings is 1. The zero-order chi connectivity index (χ0) is 17.1. The number of hydrogen-bond donors (Lipinski definition) is 0. The quantitative estimate of drug-likeness (QED) is 0.296. The molecule has 0 heterocycles. The zero-order valence-corrected chi connectivity index (χ0v) is 14.2. The fraction of sp³-hybridized carbons (Fsp3) is 0.474. The average molecular weight is 318 g/mol. The van der Waals surface area contributed by atoms with Gasteiger partial charge in [-0.15, -0.1) is 0 Å². The zero-order valence-electron chi connectivity index (χ0n) is 14.2. The fourth-order valence-corrected chi connectivity index (χ4v) is 2.24. The lowest BCUT2D eigenvalue weighted by atomic mass is 10.0. The van der Waals surface area contributed by atoms with Gasteiger partial charge in [-0.2, -0.15) is 0 Å². The SMILES string of the molecule is CCCCC/C=C(\Cc1ccccc1)C(OC(C)=O)OC(C)=O. The number of carbonyl (C=O) groups excluding carboxylic acids is 2. The Labute approximate surface area is 138 Å². The maximum absolute atomic E-state index is 11.3. The van der Waals surface area contributed by atoms with Crippen LogP contribution in [0.2, 0.25) is 0 Å². The van der Waals surface area contributed by atoms with Crippen LogP contribution in [0.5, 0.6) is 0 Å². The number of hydrogen-bond acceptors (Lipinski definition) is 4. The van der Waals surface area contributed by atoms with Crippen LogP contribution >= 0.6 is 0 Å². The Balaban J connectivity index is 2.92. The number of rotatable bonds is 9. The fourth-order valence-electron chi connectivity index (χ4n) is 2.24. The minimum absolute atomic E-state index is 0.469. The summed E-state index contributed by atoms with van der Waals surface area (Å²) in [4.78, 5) is 22.7. The molecule has 0 aromatic heterocycles. The molecule has 0 fully saturated rings. The van der Waals surface area contributed by atoms with Crippen molar-refractivity contribution in [2.75, 3.05) is 0 Å². The van der Waals surface area contributed by atoms with Crippen LogP contribution in [0.15, 0.2) is 42.0 Å². The number of unbranched alkanes of at least 4 members (excludes halogenated alkanes) is 3. The van der Waals surface area contributed by atoms with Crippen LogP contribution < -0.4 is 0 Å². The van der Waals surface area contributed by atoms with E-state index in [1.54, 1.807) is 0 Å². The highest BCUT2D eigenvalue weighted by Gasteiger charge is 2.20. The normalized spacial score (nSPS) is 11.4. The first kappa shape index (κ1) is 18.9. The molecule has 0 radical (unpaired) electrons. The van der Waals surface area contributed by atoms with Crippen LogP contribution in [0.25, 0.3) is 0 Å². The predicted molar refractivity (Wildman–Crippen MR) is 89.7 cm³/mol. The van der Waals surface area contributed by atoms with E-state index in [1.165, 1.54) is 13.8 Å². The van der Waals surface area contributed by atoms with Gasteiger partial charge in [-0.3, -0.25) is 9.59 Å². The van der Waals surface area contributed by atoms with Crippen molar-refractivity contribution < 1.29 is 19.1 Å². The van der Waals surface area contributed by atoms with Gasteiger partial charge in [-0.1, -0.05) is 56.2 Å². The third-order valence-electron chi connectivity index (χ3n) is 3.31. The third kappa shape index (κ3) is 8.19. The van der Waals surface area contributed by atoms with Crippen molar-refractivity contribution in [1.29, 1.82) is 0 Å². The van der Waals surface area contributed by atoms with E-state index in [0.29, 0.717) is 6.42 Å². The highest BCUT2D eigenvalue weighted by atomic mass is 16.7. The minimum Gasteiger partial charge on any atom is -0.421 e. The molecular formula is C19H26O4. The lowest BCUT2D eigenvalue weighted by Gasteiger charge is -2.20. The van der Waals surface area contributed by atoms with E-state index in [9.17, 15) is 9.59 Å². The maximum Gasteiger partial charge on any atom is 0.305 e. The molecule has 0 N–H and O–H groups in total. The first-order valence-electron chi connectivity index (χ1n) is 8.10. The predicted octanol–water partition coefficient (Wildman–Crippen LogP) is 4.19. The monoisotopic (exact) mass is 318 g/mol. The van der Waals surface area contributed by atoms with Crippen molar-refractivity contribution in [3.63, 3.8) is 0 Å². The molecule has 1 aromatic carbocycles. The highest BCUT2D eigenvalue weighted by molar-refractivity contribution is 5.68. The molecule has 1 aromatic rings. The van der Waals surface area contributed by atoms with Crippen molar-refractivity contribution in [2.24, 2.45) is 0 Å². The summed E-state index contributed by atoms with van der Waals surface area (Å²) < 4.78 is 10.4. The van der Waals surface area contributed by atoms with Crippen molar-refractivity contribution in [3.8, 4) is 0 Å². The Morgan fingerprint density at radius 2 is 1.65 bits per heavy atom. The van der Waals surface area contributed by atoms with Crippen molar-refractivity contribution in [2.45, 2.75) is 59.2 Å². The van der Waals surface area contributed by atoms with E-state index < -0.39 is 18.2 Å². The maximum atomic E-state index is 11.3. The Hall–Kier alpha value is -2.10. The number of carbonyl (C=O) groups is 2. The summed E-state index contributed by atoms with van der Waals surface area (Å²) in [5.41, 5.74) is 1.89. The van der Waals surface area contributed by atoms with Crippen LogP contribution in [0, 0.1) is 0 Å². The van der Waals surface area contributed by atoms with Gasteiger partial charge in [0.2, 0.25) is 0 Å². The molecule has 23 heavy (non-hydrogen) atoms. The molecule has 126 valence electrons. The molecule has 0 amide bonds. The Morgan fingerprint density at radius 3 is 2.17 bits per heavy atom. The molecule has 0 saturated carbocycles. The highest BCUT2D eigenvalue weighted by Crippen LogP contribution is 2.18. The standard InChI is InChI=1S/C19H26O4/c1-4-5-6-10-13-18(14-17-11-8-7-9-12-17)19(22-15(2)20)23-16(3)21/h7-9,11-13,19H,4-6,10,14H2,1-3H3/b18-13+. The second kappa shape index (κ2) is 10.6. The molecule has 0 bridgehead atoms. The first-order chi connectivity index (χ1) is 11.0. The Morgan fingerprint density at radius 1 is 1.04 bits per heavy atom. The lowest BCUT2D eigenvalue weighted by Crippen LogP contribution is -2.25. The van der Waals surface area contributed by atoms with Gasteiger partial charge in [0.25, 0.3) is 6.29 Å². The lowest BCUT2D eigenvalue weighted by molar-refractivity contribution is -0.178. The number of ether oxygens (including phenoxy) is 2. The van der Waals surface area contributed by atoms with E-state index in [2.05, 4.69) is 6.92 Å². The molecule has 0 spiro atoms. The molecule has 0 aliphatic carbocycles. The second-order valence-electron chi connectivity index (χ2n) is 5.49. The molecule has 1 rings (SSSR count). The van der Waals surface area contributed by atoms with E-state index in [0.717, 1.165) is 36.8 Å². The van der Waals surface area contributed by atoms with Gasteiger partial charge in [0.15, 0.2) is 0 Å². The van der Waals surface area contributed by atoms with Gasteiger partial charge >= 0.3 is 11.9 Å². The molecular weight excluding hydrogens is 292 g/mol. The van der Waals surface area contributed by atoms with Gasteiger partial charge in [0, 0.05) is 25.8 Å². The van der Waals surface area contributed by atoms with Gasteiger partial charge in [0.05, 0.1) is 0 Å². The van der Waals surface area contributed by atoms with Crippen molar-refractivity contribution >= 4 is 11.9 Å².